The van der Waals surface area contributed by atoms with Crippen molar-refractivity contribution < 1.29 is 24.2 Å². The molecule has 0 aliphatic rings. The Morgan fingerprint density at radius 1 is 1.52 bits per heavy atom. The van der Waals surface area contributed by atoms with Crippen LogP contribution in [-0.2, 0) is 22.7 Å². The number of aromatic amines is 1. The number of carbonyl (C=O) groups excluding carboxylic acids is 1. The van der Waals surface area contributed by atoms with Crippen molar-refractivity contribution in [2.24, 2.45) is 5.16 Å². The van der Waals surface area contributed by atoms with E-state index in [0.29, 0.717) is 22.2 Å². The minimum Gasteiger partial charge on any atom is -0.506 e. The Kier molecular flexibility index (Phi) is 7.42. The topological polar surface area (TPSA) is 135 Å². The number of hydrogen-bond donors (Lipinski definition) is 4. The number of phenolic OH excluding ortho intramolecular Hbond substituents is 1. The molecule has 1 aromatic carbocycles. The highest BCUT2D eigenvalue weighted by molar-refractivity contribution is 9.11. The minimum atomic E-state index is -0.650. The molecule has 0 spiro atoms. The van der Waals surface area contributed by atoms with Crippen molar-refractivity contribution in [3.63, 3.8) is 0 Å². The van der Waals surface area contributed by atoms with Crippen LogP contribution in [0.2, 0.25) is 0 Å². The number of nitrogens with zero attached hydrogens (tertiary/aromatic N) is 2. The van der Waals surface area contributed by atoms with Gasteiger partial charge < -0.3 is 25.9 Å². The molecule has 27 heavy (non-hydrogen) atoms. The number of oxime groups is 1. The average Bonchev–Trinajstić information content (AvgIpc) is 3.04. The Morgan fingerprint density at radius 3 is 2.85 bits per heavy atom. The van der Waals surface area contributed by atoms with Crippen LogP contribution in [0.15, 0.2) is 26.4 Å². The molecular formula is C15H16Br2FN5O4. The summed E-state index contributed by atoms with van der Waals surface area (Å²) >= 11 is 6.50. The summed E-state index contributed by atoms with van der Waals surface area (Å²) in [7, 11) is 1.44. The quantitative estimate of drug-likeness (QED) is 0.319. The molecule has 0 saturated carbocycles. The zero-order valence-electron chi connectivity index (χ0n) is 14.1. The summed E-state index contributed by atoms with van der Waals surface area (Å²) < 4.78 is 18.2. The van der Waals surface area contributed by atoms with E-state index in [1.165, 1.54) is 13.2 Å². The van der Waals surface area contributed by atoms with Gasteiger partial charge in [-0.2, -0.15) is 5.04 Å². The second-order valence-corrected chi connectivity index (χ2v) is 6.94. The van der Waals surface area contributed by atoms with Gasteiger partial charge in [-0.3, -0.25) is 4.79 Å². The molecule has 12 heteroatoms. The van der Waals surface area contributed by atoms with Crippen LogP contribution in [0.4, 0.5) is 10.5 Å². The molecule has 2 rings (SSSR count). The Morgan fingerprint density at radius 2 is 2.26 bits per heavy atom. The van der Waals surface area contributed by atoms with Gasteiger partial charge in [-0.25, -0.2) is 4.98 Å². The number of benzene rings is 1. The standard InChI is InChI=1S/C15H16Br2FN5O4/c1-26-13-9(16)4-7(12(24)11(13)17)5-10(23-27-18)14(25)20-3-2-8-6-21-15(19)22-8/h4,6,24H,2-3,5H2,1H3,(H,20,25)(H3,19,21,22)/b23-10+. The first-order chi connectivity index (χ1) is 12.9. The second-order valence-electron chi connectivity index (χ2n) is 5.30. The molecule has 0 fully saturated rings. The third-order valence-electron chi connectivity index (χ3n) is 3.53. The molecule has 1 aromatic heterocycles. The third-order valence-corrected chi connectivity index (χ3v) is 4.85. The molecular weight excluding hydrogens is 493 g/mol. The molecule has 0 bridgehead atoms. The van der Waals surface area contributed by atoms with Crippen molar-refractivity contribution in [1.82, 2.24) is 15.3 Å². The lowest BCUT2D eigenvalue weighted by Gasteiger charge is -2.13. The number of rotatable bonds is 8. The van der Waals surface area contributed by atoms with E-state index in [-0.39, 0.29) is 34.8 Å². The number of amides is 1. The van der Waals surface area contributed by atoms with E-state index in [4.69, 9.17) is 10.5 Å². The van der Waals surface area contributed by atoms with Crippen LogP contribution in [-0.4, -0.2) is 40.3 Å². The van der Waals surface area contributed by atoms with Gasteiger partial charge in [-0.15, -0.1) is 0 Å². The molecule has 0 unspecified atom stereocenters. The number of nitrogens with one attached hydrogen (secondary N) is 2. The number of ether oxygens (including phenoxy) is 1. The van der Waals surface area contributed by atoms with Crippen LogP contribution in [0.1, 0.15) is 11.3 Å². The van der Waals surface area contributed by atoms with E-state index < -0.39 is 5.91 Å². The summed E-state index contributed by atoms with van der Waals surface area (Å²) in [5.74, 6) is -0.166. The maximum atomic E-state index is 12.3. The van der Waals surface area contributed by atoms with E-state index >= 15 is 0 Å². The fraction of sp³-hybridized carbons (Fsp3) is 0.267. The van der Waals surface area contributed by atoms with Crippen molar-refractivity contribution >= 4 is 49.4 Å². The van der Waals surface area contributed by atoms with Crippen molar-refractivity contribution in [2.45, 2.75) is 12.8 Å². The second kappa shape index (κ2) is 9.55. The fourth-order valence-electron chi connectivity index (χ4n) is 2.25. The number of nitrogen functional groups attached to an aromatic ring is 1. The largest absolute Gasteiger partial charge is 0.506 e. The third kappa shape index (κ3) is 5.32. The van der Waals surface area contributed by atoms with Gasteiger partial charge >= 0.3 is 0 Å². The lowest BCUT2D eigenvalue weighted by Crippen LogP contribution is -2.34. The van der Waals surface area contributed by atoms with Crippen LogP contribution < -0.4 is 15.8 Å². The molecule has 0 saturated heterocycles. The van der Waals surface area contributed by atoms with Crippen LogP contribution >= 0.6 is 31.9 Å². The number of H-pyrrole nitrogens is 1. The summed E-state index contributed by atoms with van der Waals surface area (Å²) in [5, 5.41) is 19.2. The number of methoxy groups -OCH3 is 1. The monoisotopic (exact) mass is 507 g/mol. The Labute approximate surface area is 170 Å². The van der Waals surface area contributed by atoms with Gasteiger partial charge in [0, 0.05) is 35.2 Å². The number of anilines is 1. The van der Waals surface area contributed by atoms with Crippen LogP contribution in [0.5, 0.6) is 11.5 Å². The van der Waals surface area contributed by atoms with E-state index in [1.807, 2.05) is 0 Å². The van der Waals surface area contributed by atoms with Crippen molar-refractivity contribution in [3.8, 4) is 11.5 Å². The van der Waals surface area contributed by atoms with E-state index in [9.17, 15) is 14.4 Å². The maximum Gasteiger partial charge on any atom is 0.269 e. The molecule has 0 aliphatic heterocycles. The molecule has 1 heterocycles. The van der Waals surface area contributed by atoms with Crippen molar-refractivity contribution in [3.05, 3.63) is 32.5 Å². The Balaban J connectivity index is 2.09. The lowest BCUT2D eigenvalue weighted by molar-refractivity contribution is -0.133. The first-order valence-electron chi connectivity index (χ1n) is 7.53. The van der Waals surface area contributed by atoms with Gasteiger partial charge in [0.2, 0.25) is 0 Å². The van der Waals surface area contributed by atoms with Gasteiger partial charge in [0.15, 0.2) is 17.4 Å². The van der Waals surface area contributed by atoms with E-state index in [0.717, 1.165) is 5.69 Å². The number of imidazole rings is 1. The molecule has 0 aliphatic carbocycles. The highest BCUT2D eigenvalue weighted by Crippen LogP contribution is 2.42. The number of halogens is 3. The van der Waals surface area contributed by atoms with Crippen LogP contribution in [0.25, 0.3) is 0 Å². The number of carbonyl (C=O) groups is 1. The summed E-state index contributed by atoms with van der Waals surface area (Å²) in [6.07, 6.45) is 1.80. The normalized spacial score (nSPS) is 11.3. The van der Waals surface area contributed by atoms with Gasteiger partial charge in [-0.05, 0) is 43.1 Å². The molecule has 2 aromatic rings. The summed E-state index contributed by atoms with van der Waals surface area (Å²) in [4.78, 5) is 18.9. The highest BCUT2D eigenvalue weighted by Gasteiger charge is 2.20. The number of aromatic hydroxyl groups is 1. The molecule has 1 amide bonds. The summed E-state index contributed by atoms with van der Waals surface area (Å²) in [5.41, 5.74) is 6.25. The zero-order chi connectivity index (χ0) is 20.0. The summed E-state index contributed by atoms with van der Waals surface area (Å²) in [6.45, 7) is 0.230. The van der Waals surface area contributed by atoms with Crippen LogP contribution in [0.3, 0.4) is 0 Å². The van der Waals surface area contributed by atoms with Crippen molar-refractivity contribution in [2.75, 3.05) is 19.4 Å². The maximum absolute atomic E-state index is 12.3. The van der Waals surface area contributed by atoms with E-state index in [1.54, 1.807) is 6.20 Å². The smallest absolute Gasteiger partial charge is 0.269 e. The van der Waals surface area contributed by atoms with Gasteiger partial charge in [0.25, 0.3) is 5.91 Å². The molecule has 9 nitrogen and oxygen atoms in total. The first-order valence-corrected chi connectivity index (χ1v) is 9.12. The molecule has 0 atom stereocenters. The van der Waals surface area contributed by atoms with Gasteiger partial charge in [-0.1, -0.05) is 0 Å². The van der Waals surface area contributed by atoms with E-state index in [2.05, 4.69) is 57.3 Å². The number of nitrogens with two attached hydrogens (primary N) is 1. The minimum absolute atomic E-state index is 0.164. The highest BCUT2D eigenvalue weighted by atomic mass is 79.9. The van der Waals surface area contributed by atoms with Crippen molar-refractivity contribution in [1.29, 1.82) is 0 Å². The molecule has 5 N–H and O–H groups in total. The molecule has 0 radical (unpaired) electrons. The first kappa shape index (κ1) is 21.0. The SMILES string of the molecule is COc1c(Br)cc(C/C(=N\OF)C(=O)NCCc2cnc(N)[nH]2)c(O)c1Br. The zero-order valence-corrected chi connectivity index (χ0v) is 17.2. The lowest BCUT2D eigenvalue weighted by atomic mass is 10.1. The predicted molar refractivity (Wildman–Crippen MR) is 103 cm³/mol. The molecule has 146 valence electrons. The fourth-order valence-corrected chi connectivity index (χ4v) is 3.79. The average molecular weight is 509 g/mol. The van der Waals surface area contributed by atoms with Gasteiger partial charge in [0.05, 0.1) is 17.8 Å². The Hall–Kier alpha value is -2.34. The number of hydrogen-bond acceptors (Lipinski definition) is 7. The number of phenols is 1. The predicted octanol–water partition coefficient (Wildman–Crippen LogP) is 2.39. The van der Waals surface area contributed by atoms with Gasteiger partial charge in [0.1, 0.15) is 10.2 Å². The van der Waals surface area contributed by atoms with Crippen LogP contribution in [0, 0.1) is 0 Å². The number of aromatic nitrogens is 2. The summed E-state index contributed by atoms with van der Waals surface area (Å²) in [6, 6.07) is 1.54. The Bertz CT molecular complexity index is 859.